The van der Waals surface area contributed by atoms with Gasteiger partial charge in [0, 0.05) is 0 Å². The summed E-state index contributed by atoms with van der Waals surface area (Å²) in [6.45, 7) is 5.85. The Labute approximate surface area is 80.3 Å². The van der Waals surface area contributed by atoms with E-state index in [1.807, 2.05) is 13.8 Å². The first kappa shape index (κ1) is 10.6. The van der Waals surface area contributed by atoms with Crippen LogP contribution in [-0.4, -0.2) is 11.1 Å². The zero-order valence-corrected chi connectivity index (χ0v) is 8.89. The lowest BCUT2D eigenvalue weighted by molar-refractivity contribution is -0.150. The zero-order valence-electron chi connectivity index (χ0n) is 8.89. The molecule has 0 aromatic rings. The number of hydrogen-bond acceptors (Lipinski definition) is 1. The third-order valence-electron chi connectivity index (χ3n) is 3.56. The quantitative estimate of drug-likeness (QED) is 0.729. The lowest BCUT2D eigenvalue weighted by atomic mass is 9.60. The third kappa shape index (κ3) is 2.04. The van der Waals surface area contributed by atoms with E-state index >= 15 is 0 Å². The minimum atomic E-state index is -0.660. The zero-order chi connectivity index (χ0) is 10.1. The van der Waals surface area contributed by atoms with Gasteiger partial charge in [-0.2, -0.15) is 0 Å². The van der Waals surface area contributed by atoms with E-state index in [1.165, 1.54) is 19.3 Å². The molecule has 1 rings (SSSR count). The molecule has 13 heavy (non-hydrogen) atoms. The van der Waals surface area contributed by atoms with Crippen LogP contribution in [0, 0.1) is 10.8 Å². The van der Waals surface area contributed by atoms with Crippen molar-refractivity contribution < 1.29 is 9.90 Å². The molecule has 0 unspecified atom stereocenters. The van der Waals surface area contributed by atoms with E-state index in [-0.39, 0.29) is 0 Å². The van der Waals surface area contributed by atoms with Gasteiger partial charge < -0.3 is 5.11 Å². The minimum Gasteiger partial charge on any atom is -0.481 e. The van der Waals surface area contributed by atoms with Crippen molar-refractivity contribution in [3.63, 3.8) is 0 Å². The maximum absolute atomic E-state index is 11.0. The normalized spacial score (nSPS) is 20.8. The molecule has 0 aromatic carbocycles. The molecule has 1 aliphatic carbocycles. The largest absolute Gasteiger partial charge is 0.481 e. The molecular formula is C11H20O2. The van der Waals surface area contributed by atoms with E-state index < -0.39 is 11.4 Å². The first-order valence-corrected chi connectivity index (χ1v) is 5.15. The van der Waals surface area contributed by atoms with E-state index in [0.717, 1.165) is 12.8 Å². The molecule has 0 amide bonds. The lowest BCUT2D eigenvalue weighted by Crippen LogP contribution is -2.37. The van der Waals surface area contributed by atoms with Gasteiger partial charge in [-0.3, -0.25) is 4.79 Å². The van der Waals surface area contributed by atoms with Crippen molar-refractivity contribution in [1.29, 1.82) is 0 Å². The van der Waals surface area contributed by atoms with E-state index in [0.29, 0.717) is 5.41 Å². The van der Waals surface area contributed by atoms with Crippen molar-refractivity contribution in [3.05, 3.63) is 0 Å². The van der Waals surface area contributed by atoms with Crippen molar-refractivity contribution in [2.45, 2.75) is 52.9 Å². The maximum Gasteiger partial charge on any atom is 0.309 e. The number of carboxylic acids is 1. The molecule has 1 aliphatic rings. The van der Waals surface area contributed by atoms with Gasteiger partial charge in [0.15, 0.2) is 0 Å². The highest BCUT2D eigenvalue weighted by Gasteiger charge is 2.42. The number of hydrogen-bond donors (Lipinski definition) is 1. The van der Waals surface area contributed by atoms with Crippen LogP contribution >= 0.6 is 0 Å². The standard InChI is InChI=1S/C11H20O2/c1-4-11(6-5-7-11)8-10(2,3)9(12)13/h4-8H2,1-3H3,(H,12,13). The summed E-state index contributed by atoms with van der Waals surface area (Å²) in [5.41, 5.74) is -0.196. The molecule has 0 aromatic heterocycles. The Morgan fingerprint density at radius 1 is 1.46 bits per heavy atom. The molecule has 1 fully saturated rings. The second-order valence-corrected chi connectivity index (χ2v) is 5.07. The van der Waals surface area contributed by atoms with Gasteiger partial charge in [0.05, 0.1) is 5.41 Å². The second-order valence-electron chi connectivity index (χ2n) is 5.07. The minimum absolute atomic E-state index is 0.349. The molecule has 76 valence electrons. The summed E-state index contributed by atoms with van der Waals surface area (Å²) >= 11 is 0. The predicted octanol–water partition coefficient (Wildman–Crippen LogP) is 3.07. The highest BCUT2D eigenvalue weighted by Crippen LogP contribution is 2.51. The second kappa shape index (κ2) is 3.32. The summed E-state index contributed by atoms with van der Waals surface area (Å²) in [6.07, 6.45) is 5.69. The first-order valence-electron chi connectivity index (χ1n) is 5.15. The van der Waals surface area contributed by atoms with Gasteiger partial charge >= 0.3 is 5.97 Å². The fourth-order valence-electron chi connectivity index (χ4n) is 2.35. The molecule has 0 aliphatic heterocycles. The van der Waals surface area contributed by atoms with E-state index in [4.69, 9.17) is 5.11 Å². The smallest absolute Gasteiger partial charge is 0.309 e. The molecule has 0 heterocycles. The highest BCUT2D eigenvalue weighted by molar-refractivity contribution is 5.73. The molecule has 2 heteroatoms. The Balaban J connectivity index is 2.60. The fraction of sp³-hybridized carbons (Fsp3) is 0.909. The van der Waals surface area contributed by atoms with Crippen molar-refractivity contribution in [2.75, 3.05) is 0 Å². The van der Waals surface area contributed by atoms with Gasteiger partial charge in [-0.05, 0) is 38.5 Å². The number of aliphatic carboxylic acids is 1. The van der Waals surface area contributed by atoms with Gasteiger partial charge in [-0.25, -0.2) is 0 Å². The van der Waals surface area contributed by atoms with Crippen LogP contribution in [0.5, 0.6) is 0 Å². The van der Waals surface area contributed by atoms with Gasteiger partial charge in [0.25, 0.3) is 0 Å². The van der Waals surface area contributed by atoms with Gasteiger partial charge in [0.2, 0.25) is 0 Å². The summed E-state index contributed by atoms with van der Waals surface area (Å²) in [5.74, 6) is -0.660. The average Bonchev–Trinajstić information content (AvgIpc) is 1.96. The van der Waals surface area contributed by atoms with Crippen molar-refractivity contribution in [1.82, 2.24) is 0 Å². The Morgan fingerprint density at radius 3 is 2.23 bits per heavy atom. The maximum atomic E-state index is 11.0. The Morgan fingerprint density at radius 2 is 2.00 bits per heavy atom. The molecule has 0 saturated heterocycles. The Bertz CT molecular complexity index is 197. The van der Waals surface area contributed by atoms with Gasteiger partial charge in [-0.1, -0.05) is 19.8 Å². The number of carboxylic acid groups (broad SMARTS) is 1. The molecule has 0 spiro atoms. The van der Waals surface area contributed by atoms with Gasteiger partial charge in [0.1, 0.15) is 0 Å². The summed E-state index contributed by atoms with van der Waals surface area (Å²) in [6, 6.07) is 0. The van der Waals surface area contributed by atoms with E-state index in [1.54, 1.807) is 0 Å². The summed E-state index contributed by atoms with van der Waals surface area (Å²) in [4.78, 5) is 11.0. The van der Waals surface area contributed by atoms with Crippen LogP contribution in [0.2, 0.25) is 0 Å². The molecule has 0 atom stereocenters. The number of carbonyl (C=O) groups is 1. The summed E-state index contributed by atoms with van der Waals surface area (Å²) < 4.78 is 0. The predicted molar refractivity (Wildman–Crippen MR) is 52.6 cm³/mol. The molecule has 0 bridgehead atoms. The molecule has 2 nitrogen and oxygen atoms in total. The van der Waals surface area contributed by atoms with Crippen LogP contribution in [0.3, 0.4) is 0 Å². The molecular weight excluding hydrogens is 164 g/mol. The highest BCUT2D eigenvalue weighted by atomic mass is 16.4. The van der Waals surface area contributed by atoms with E-state index in [2.05, 4.69) is 6.92 Å². The van der Waals surface area contributed by atoms with Crippen molar-refractivity contribution in [2.24, 2.45) is 10.8 Å². The van der Waals surface area contributed by atoms with Crippen LogP contribution in [0.15, 0.2) is 0 Å². The average molecular weight is 184 g/mol. The van der Waals surface area contributed by atoms with Crippen LogP contribution in [0.1, 0.15) is 52.9 Å². The molecule has 1 saturated carbocycles. The third-order valence-corrected chi connectivity index (χ3v) is 3.56. The number of rotatable bonds is 4. The Kier molecular flexibility index (Phi) is 2.69. The van der Waals surface area contributed by atoms with Crippen LogP contribution in [-0.2, 0) is 4.79 Å². The monoisotopic (exact) mass is 184 g/mol. The molecule has 0 radical (unpaired) electrons. The van der Waals surface area contributed by atoms with Crippen molar-refractivity contribution in [3.8, 4) is 0 Å². The van der Waals surface area contributed by atoms with Crippen molar-refractivity contribution >= 4 is 5.97 Å². The topological polar surface area (TPSA) is 37.3 Å². The van der Waals surface area contributed by atoms with Gasteiger partial charge in [-0.15, -0.1) is 0 Å². The SMILES string of the molecule is CCC1(CC(C)(C)C(=O)O)CCC1. The van der Waals surface area contributed by atoms with Crippen LogP contribution < -0.4 is 0 Å². The summed E-state index contributed by atoms with van der Waals surface area (Å²) in [5, 5.41) is 9.02. The van der Waals surface area contributed by atoms with Crippen LogP contribution in [0.4, 0.5) is 0 Å². The lowest BCUT2D eigenvalue weighted by Gasteiger charge is -2.45. The Hall–Kier alpha value is -0.530. The van der Waals surface area contributed by atoms with E-state index in [9.17, 15) is 4.79 Å². The van der Waals surface area contributed by atoms with Crippen LogP contribution in [0.25, 0.3) is 0 Å². The first-order chi connectivity index (χ1) is 5.92. The molecule has 1 N–H and O–H groups in total. The fourth-order valence-corrected chi connectivity index (χ4v) is 2.35. The summed E-state index contributed by atoms with van der Waals surface area (Å²) in [7, 11) is 0.